The Morgan fingerprint density at radius 1 is 1.31 bits per heavy atom. The molecule has 0 aromatic carbocycles. The molecule has 0 aliphatic rings. The van der Waals surface area contributed by atoms with Crippen LogP contribution in [0.4, 0.5) is 0 Å². The third-order valence-electron chi connectivity index (χ3n) is 0.715. The minimum atomic E-state index is 0. The molecule has 0 aliphatic carbocycles. The average molecular weight is 250 g/mol. The predicted octanol–water partition coefficient (Wildman–Crippen LogP) is 4.12. The molecule has 0 aromatic rings. The Labute approximate surface area is 109 Å². The van der Waals surface area contributed by atoms with Gasteiger partial charge in [-0.3, -0.25) is 0 Å². The number of thioether (sulfide) groups is 1. The van der Waals surface area contributed by atoms with Crippen LogP contribution in [0.2, 0.25) is 0 Å². The van der Waals surface area contributed by atoms with Gasteiger partial charge in [-0.25, -0.2) is 0 Å². The zero-order valence-corrected chi connectivity index (χ0v) is 12.4. The lowest BCUT2D eigenvalue weighted by atomic mass is 10.6. The van der Waals surface area contributed by atoms with E-state index in [1.165, 1.54) is 0 Å². The van der Waals surface area contributed by atoms with E-state index in [1.807, 2.05) is 41.8 Å². The highest BCUT2D eigenvalue weighted by Gasteiger charge is 1.64. The van der Waals surface area contributed by atoms with Gasteiger partial charge >= 0.3 is 0 Å². The van der Waals surface area contributed by atoms with Crippen molar-refractivity contribution >= 4 is 11.8 Å². The summed E-state index contributed by atoms with van der Waals surface area (Å²) in [5.74, 6) is 1.06. The van der Waals surface area contributed by atoms with Crippen molar-refractivity contribution in [3.63, 3.8) is 0 Å². The van der Waals surface area contributed by atoms with Crippen LogP contribution in [-0.4, -0.2) is 26.2 Å². The molecule has 0 unspecified atom stereocenters. The highest BCUT2D eigenvalue weighted by atomic mass is 32.2. The first kappa shape index (κ1) is 29.6. The second-order valence-electron chi connectivity index (χ2n) is 2.23. The van der Waals surface area contributed by atoms with E-state index in [-0.39, 0.29) is 7.43 Å². The molecular formula is C13H34N2S. The van der Waals surface area contributed by atoms with Crippen molar-refractivity contribution < 1.29 is 0 Å². The lowest BCUT2D eigenvalue weighted by Crippen LogP contribution is -2.01. The maximum absolute atomic E-state index is 3.56. The lowest BCUT2D eigenvalue weighted by Gasteiger charge is -1.87. The summed E-state index contributed by atoms with van der Waals surface area (Å²) in [5.41, 5.74) is 1.00. The Kier molecular flexibility index (Phi) is 86.5. The molecule has 0 saturated heterocycles. The standard InChI is InChI=1S/C4H9N.C3H9NS.C3H6.C2H6.CH4/c1-4(2)5-3;1-4-3-5-2;1-3-2;1-2;/h5H,1H2,2-3H3;4H,3H2,1-2H3;3H,1H2,2H3;1-2H3;1H4. The molecule has 0 radical (unpaired) electrons. The van der Waals surface area contributed by atoms with Gasteiger partial charge in [0, 0.05) is 12.9 Å². The van der Waals surface area contributed by atoms with Crippen LogP contribution in [0, 0.1) is 0 Å². The summed E-state index contributed by atoms with van der Waals surface area (Å²) < 4.78 is 0. The fourth-order valence-corrected chi connectivity index (χ4v) is 0.433. The van der Waals surface area contributed by atoms with Crippen LogP contribution in [0.15, 0.2) is 24.9 Å². The molecule has 0 saturated carbocycles. The molecule has 0 heterocycles. The third-order valence-corrected chi connectivity index (χ3v) is 1.29. The number of hydrogen-bond donors (Lipinski definition) is 2. The molecule has 0 aromatic heterocycles. The van der Waals surface area contributed by atoms with Crippen LogP contribution in [0.1, 0.15) is 35.1 Å². The number of nitrogens with one attached hydrogen (secondary N) is 2. The third kappa shape index (κ3) is 167. The Morgan fingerprint density at radius 2 is 1.56 bits per heavy atom. The maximum atomic E-state index is 3.56. The Morgan fingerprint density at radius 3 is 1.56 bits per heavy atom. The van der Waals surface area contributed by atoms with Gasteiger partial charge in [0.1, 0.15) is 0 Å². The molecule has 0 amide bonds. The Balaban J connectivity index is -0.0000000349. The molecule has 0 bridgehead atoms. The molecule has 102 valence electrons. The van der Waals surface area contributed by atoms with Crippen molar-refractivity contribution in [3.8, 4) is 0 Å². The van der Waals surface area contributed by atoms with Crippen molar-refractivity contribution in [2.24, 2.45) is 0 Å². The highest BCUT2D eigenvalue weighted by Crippen LogP contribution is 1.81. The highest BCUT2D eigenvalue weighted by molar-refractivity contribution is 7.98. The van der Waals surface area contributed by atoms with Gasteiger partial charge in [-0.1, -0.05) is 33.9 Å². The number of allylic oxidation sites excluding steroid dienone is 2. The summed E-state index contributed by atoms with van der Waals surface area (Å²) in [6.45, 7) is 14.7. The normalized spacial score (nSPS) is 5.94. The molecule has 0 spiro atoms. The first-order valence-corrected chi connectivity index (χ1v) is 6.53. The Bertz CT molecular complexity index is 102. The van der Waals surface area contributed by atoms with E-state index in [0.717, 1.165) is 11.6 Å². The predicted molar refractivity (Wildman–Crippen MR) is 85.3 cm³/mol. The fourth-order valence-electron chi connectivity index (χ4n) is 0.144. The molecule has 16 heavy (non-hydrogen) atoms. The molecular weight excluding hydrogens is 216 g/mol. The summed E-state index contributed by atoms with van der Waals surface area (Å²) in [5, 5.41) is 5.81. The van der Waals surface area contributed by atoms with Crippen LogP contribution in [0.25, 0.3) is 0 Å². The van der Waals surface area contributed by atoms with Crippen molar-refractivity contribution in [1.82, 2.24) is 10.6 Å². The topological polar surface area (TPSA) is 24.1 Å². The average Bonchev–Trinajstić information content (AvgIpc) is 2.24. The SMILES string of the molecule is C.C=C(C)NC.C=CC.CC.CNCSC. The first-order valence-electron chi connectivity index (χ1n) is 5.14. The van der Waals surface area contributed by atoms with Gasteiger partial charge in [-0.2, -0.15) is 0 Å². The van der Waals surface area contributed by atoms with E-state index in [0.29, 0.717) is 0 Å². The van der Waals surface area contributed by atoms with Crippen molar-refractivity contribution in [2.75, 3.05) is 26.2 Å². The van der Waals surface area contributed by atoms with E-state index in [9.17, 15) is 0 Å². The van der Waals surface area contributed by atoms with Gasteiger partial charge in [0.05, 0.1) is 0 Å². The summed E-state index contributed by atoms with van der Waals surface area (Å²) >= 11 is 1.79. The largest absolute Gasteiger partial charge is 0.392 e. The van der Waals surface area contributed by atoms with Crippen LogP contribution in [0.5, 0.6) is 0 Å². The van der Waals surface area contributed by atoms with Crippen LogP contribution in [0.3, 0.4) is 0 Å². The molecule has 2 nitrogen and oxygen atoms in total. The van der Waals surface area contributed by atoms with Gasteiger partial charge in [0.2, 0.25) is 0 Å². The minimum Gasteiger partial charge on any atom is -0.392 e. The maximum Gasteiger partial charge on any atom is 0.0412 e. The molecule has 0 fully saturated rings. The van der Waals surface area contributed by atoms with E-state index < -0.39 is 0 Å². The van der Waals surface area contributed by atoms with Gasteiger partial charge in [0.15, 0.2) is 0 Å². The fraction of sp³-hybridized carbons (Fsp3) is 0.692. The van der Waals surface area contributed by atoms with E-state index in [4.69, 9.17) is 0 Å². The molecule has 3 heteroatoms. The summed E-state index contributed by atoms with van der Waals surface area (Å²) in [6.07, 6.45) is 3.82. The van der Waals surface area contributed by atoms with Gasteiger partial charge in [-0.05, 0) is 32.8 Å². The summed E-state index contributed by atoms with van der Waals surface area (Å²) in [7, 11) is 3.79. The number of rotatable bonds is 3. The Hall–Kier alpha value is -0.410. The molecule has 2 N–H and O–H groups in total. The van der Waals surface area contributed by atoms with E-state index in [2.05, 4.69) is 30.0 Å². The van der Waals surface area contributed by atoms with E-state index in [1.54, 1.807) is 17.8 Å². The smallest absolute Gasteiger partial charge is 0.0412 e. The van der Waals surface area contributed by atoms with Gasteiger partial charge in [0.25, 0.3) is 0 Å². The van der Waals surface area contributed by atoms with E-state index >= 15 is 0 Å². The second kappa shape index (κ2) is 46.8. The summed E-state index contributed by atoms with van der Waals surface area (Å²) in [6, 6.07) is 0. The van der Waals surface area contributed by atoms with Crippen LogP contribution < -0.4 is 10.6 Å². The lowest BCUT2D eigenvalue weighted by molar-refractivity contribution is 0.985. The molecule has 0 rings (SSSR count). The van der Waals surface area contributed by atoms with Crippen LogP contribution in [-0.2, 0) is 0 Å². The molecule has 0 atom stereocenters. The second-order valence-corrected chi connectivity index (χ2v) is 3.09. The van der Waals surface area contributed by atoms with Crippen molar-refractivity contribution in [1.29, 1.82) is 0 Å². The van der Waals surface area contributed by atoms with Gasteiger partial charge in [-0.15, -0.1) is 18.3 Å². The van der Waals surface area contributed by atoms with Crippen molar-refractivity contribution in [3.05, 3.63) is 24.9 Å². The number of hydrogen-bond acceptors (Lipinski definition) is 3. The van der Waals surface area contributed by atoms with Crippen molar-refractivity contribution in [2.45, 2.75) is 35.1 Å². The molecule has 0 aliphatic heterocycles. The zero-order chi connectivity index (χ0) is 13.1. The first-order chi connectivity index (χ1) is 7.10. The minimum absolute atomic E-state index is 0. The zero-order valence-electron chi connectivity index (χ0n) is 11.6. The van der Waals surface area contributed by atoms with Crippen LogP contribution >= 0.6 is 11.8 Å². The quantitative estimate of drug-likeness (QED) is 0.582. The monoisotopic (exact) mass is 250 g/mol. The summed E-state index contributed by atoms with van der Waals surface area (Å²) in [4.78, 5) is 0. The van der Waals surface area contributed by atoms with Gasteiger partial charge < -0.3 is 10.6 Å².